The minimum absolute atomic E-state index is 0.172. The van der Waals surface area contributed by atoms with Gasteiger partial charge in [-0.3, -0.25) is 14.2 Å². The molecular weight excluding hydrogens is 602 g/mol. The monoisotopic (exact) mass is 635 g/mol. The number of hydrogen-bond acceptors (Lipinski definition) is 8. The number of hydrogen-bond donors (Lipinski definition) is 0. The number of ether oxygens (including phenoxy) is 2. The van der Waals surface area contributed by atoms with Crippen LogP contribution < -0.4 is 19.6 Å². The number of aromatic nitrogens is 1. The number of thiazole rings is 1. The van der Waals surface area contributed by atoms with Crippen molar-refractivity contribution in [1.82, 2.24) is 9.47 Å². The third-order valence-corrected chi connectivity index (χ3v) is 9.20. The van der Waals surface area contributed by atoms with E-state index in [1.165, 1.54) is 18.4 Å². The molecule has 9 nitrogen and oxygen atoms in total. The highest BCUT2D eigenvalue weighted by Crippen LogP contribution is 2.40. The second-order valence-electron chi connectivity index (χ2n) is 10.7. The summed E-state index contributed by atoms with van der Waals surface area (Å²) < 4.78 is 18.8. The van der Waals surface area contributed by atoms with Crippen molar-refractivity contribution in [2.75, 3.05) is 27.3 Å². The van der Waals surface area contributed by atoms with Crippen LogP contribution in [0.15, 0.2) is 98.3 Å². The van der Waals surface area contributed by atoms with Crippen LogP contribution >= 0.6 is 11.3 Å². The third kappa shape index (κ3) is 5.34. The van der Waals surface area contributed by atoms with Gasteiger partial charge in [-0.15, -0.1) is 0 Å². The number of carbonyl (C=O) groups is 2. The fourth-order valence-electron chi connectivity index (χ4n) is 5.89. The maximum absolute atomic E-state index is 14.3. The van der Waals surface area contributed by atoms with Gasteiger partial charge in [-0.05, 0) is 61.9 Å². The van der Waals surface area contributed by atoms with Crippen molar-refractivity contribution in [1.29, 1.82) is 0 Å². The van der Waals surface area contributed by atoms with Crippen LogP contribution in [0, 0.1) is 0 Å². The van der Waals surface area contributed by atoms with Gasteiger partial charge in [0.25, 0.3) is 11.5 Å². The molecule has 0 N–H and O–H groups in total. The highest BCUT2D eigenvalue weighted by molar-refractivity contribution is 7.07. The first-order valence-corrected chi connectivity index (χ1v) is 15.8. The second-order valence-corrected chi connectivity index (χ2v) is 11.7. The zero-order valence-electron chi connectivity index (χ0n) is 26.2. The molecule has 1 amide bonds. The highest BCUT2D eigenvalue weighted by Gasteiger charge is 2.36. The quantitative estimate of drug-likeness (QED) is 0.214. The van der Waals surface area contributed by atoms with Gasteiger partial charge in [0.15, 0.2) is 4.80 Å². The molecule has 0 radical (unpaired) electrons. The molecule has 234 valence electrons. The van der Waals surface area contributed by atoms with Crippen LogP contribution in [0.5, 0.6) is 5.75 Å². The van der Waals surface area contributed by atoms with Crippen molar-refractivity contribution in [3.8, 4) is 17.1 Å². The minimum atomic E-state index is -0.770. The zero-order valence-corrected chi connectivity index (χ0v) is 27.0. The first kappa shape index (κ1) is 30.8. The van der Waals surface area contributed by atoms with E-state index in [-0.39, 0.29) is 11.5 Å². The van der Waals surface area contributed by atoms with E-state index in [0.717, 1.165) is 21.9 Å². The number of allylic oxidation sites excluding steroid dienone is 1. The van der Waals surface area contributed by atoms with Crippen LogP contribution in [0.25, 0.3) is 28.2 Å². The predicted octanol–water partition coefficient (Wildman–Crippen LogP) is 5.31. The number of carbonyl (C=O) groups excluding carboxylic acids is 2. The molecule has 46 heavy (non-hydrogen) atoms. The van der Waals surface area contributed by atoms with E-state index < -0.39 is 12.0 Å². The molecule has 1 aliphatic rings. The maximum atomic E-state index is 14.3. The van der Waals surface area contributed by atoms with Gasteiger partial charge in [-0.1, -0.05) is 53.8 Å². The lowest BCUT2D eigenvalue weighted by Gasteiger charge is -2.30. The van der Waals surface area contributed by atoms with E-state index >= 15 is 0 Å². The van der Waals surface area contributed by atoms with Gasteiger partial charge in [-0.25, -0.2) is 9.79 Å². The van der Waals surface area contributed by atoms with Gasteiger partial charge in [-0.2, -0.15) is 0 Å². The Morgan fingerprint density at radius 3 is 2.43 bits per heavy atom. The SMILES string of the molecule is CCN(CC)C(=O)C1=C(C)N=c2s/c(=C/c3ccc(-c4ccc(C(=O)OC)cc4)o3)c(=O)n2[C@@H]1c1c(OC)ccc2ccccc12. The number of amides is 1. The van der Waals surface area contributed by atoms with Crippen LogP contribution in [0.2, 0.25) is 0 Å². The average Bonchev–Trinajstić information content (AvgIpc) is 3.67. The van der Waals surface area contributed by atoms with Crippen molar-refractivity contribution in [2.24, 2.45) is 4.99 Å². The Balaban J connectivity index is 1.52. The largest absolute Gasteiger partial charge is 0.496 e. The molecule has 2 aromatic heterocycles. The van der Waals surface area contributed by atoms with Crippen LogP contribution in [0.1, 0.15) is 48.5 Å². The molecular formula is C36H33N3O6S. The van der Waals surface area contributed by atoms with E-state index in [2.05, 4.69) is 0 Å². The van der Waals surface area contributed by atoms with E-state index in [0.29, 0.717) is 56.5 Å². The molecule has 6 rings (SSSR count). The number of esters is 1. The summed E-state index contributed by atoms with van der Waals surface area (Å²) in [4.78, 5) is 47.3. The van der Waals surface area contributed by atoms with Crippen LogP contribution in [0.3, 0.4) is 0 Å². The summed E-state index contributed by atoms with van der Waals surface area (Å²) in [6.07, 6.45) is 1.69. The normalized spacial score (nSPS) is 14.6. The molecule has 3 aromatic carbocycles. The number of methoxy groups -OCH3 is 2. The smallest absolute Gasteiger partial charge is 0.337 e. The Kier molecular flexibility index (Phi) is 8.46. The maximum Gasteiger partial charge on any atom is 0.337 e. The summed E-state index contributed by atoms with van der Waals surface area (Å²) in [7, 11) is 2.93. The van der Waals surface area contributed by atoms with Crippen molar-refractivity contribution in [2.45, 2.75) is 26.8 Å². The molecule has 0 unspecified atom stereocenters. The average molecular weight is 636 g/mol. The standard InChI is InChI=1S/C36H33N3O6S/c1-6-38(7-2)34(41)30-21(3)37-36-39(32(30)31-26-11-9-8-10-22(26)16-18-28(31)43-4)33(40)29(46-36)20-25-17-19-27(45-25)23-12-14-24(15-13-23)35(42)44-5/h8-20,32H,6-7H2,1-5H3/b29-20+/t32-/m0/s1. The van der Waals surface area contributed by atoms with Crippen LogP contribution in [-0.2, 0) is 9.53 Å². The summed E-state index contributed by atoms with van der Waals surface area (Å²) in [5, 5.41) is 1.85. The number of nitrogens with zero attached hydrogens (tertiary/aromatic N) is 3. The summed E-state index contributed by atoms with van der Waals surface area (Å²) in [5.74, 6) is 1.04. The number of rotatable bonds is 8. The molecule has 0 fully saturated rings. The van der Waals surface area contributed by atoms with Crippen molar-refractivity contribution in [3.05, 3.63) is 121 Å². The van der Waals surface area contributed by atoms with Gasteiger partial charge >= 0.3 is 5.97 Å². The fourth-order valence-corrected chi connectivity index (χ4v) is 6.91. The van der Waals surface area contributed by atoms with Crippen LogP contribution in [0.4, 0.5) is 0 Å². The summed E-state index contributed by atoms with van der Waals surface area (Å²) >= 11 is 1.24. The van der Waals surface area contributed by atoms with Crippen molar-refractivity contribution < 1.29 is 23.5 Å². The summed E-state index contributed by atoms with van der Waals surface area (Å²) in [6, 6.07) is 21.5. The molecule has 1 aliphatic heterocycles. The molecule has 1 atom stereocenters. The number of likely N-dealkylation sites (N-methyl/N-ethyl adjacent to an activating group) is 1. The molecule has 0 spiro atoms. The molecule has 0 saturated heterocycles. The van der Waals surface area contributed by atoms with E-state index in [9.17, 15) is 14.4 Å². The second kappa shape index (κ2) is 12.6. The molecule has 0 saturated carbocycles. The van der Waals surface area contributed by atoms with Gasteiger partial charge in [0.2, 0.25) is 0 Å². The Bertz CT molecular complexity index is 2180. The number of fused-ring (bicyclic) bond motifs is 2. The Hall–Kier alpha value is -5.22. The van der Waals surface area contributed by atoms with Gasteiger partial charge in [0.1, 0.15) is 23.3 Å². The van der Waals surface area contributed by atoms with E-state index in [4.69, 9.17) is 18.9 Å². The number of benzene rings is 3. The Morgan fingerprint density at radius 2 is 1.74 bits per heavy atom. The Labute approximate surface area is 269 Å². The Morgan fingerprint density at radius 1 is 1.00 bits per heavy atom. The predicted molar refractivity (Wildman–Crippen MR) is 178 cm³/mol. The van der Waals surface area contributed by atoms with E-state index in [1.807, 2.05) is 63.2 Å². The topological polar surface area (TPSA) is 103 Å². The van der Waals surface area contributed by atoms with Crippen molar-refractivity contribution in [3.63, 3.8) is 0 Å². The van der Waals surface area contributed by atoms with Gasteiger partial charge in [0, 0.05) is 30.3 Å². The molecule has 5 aromatic rings. The fraction of sp³-hybridized carbons (Fsp3) is 0.222. The van der Waals surface area contributed by atoms with Crippen molar-refractivity contribution >= 4 is 40.1 Å². The molecule has 3 heterocycles. The molecule has 0 aliphatic carbocycles. The summed E-state index contributed by atoms with van der Waals surface area (Å²) in [6.45, 7) is 6.73. The zero-order chi connectivity index (χ0) is 32.5. The first-order chi connectivity index (χ1) is 22.3. The lowest BCUT2D eigenvalue weighted by atomic mass is 9.90. The lowest BCUT2D eigenvalue weighted by Crippen LogP contribution is -2.43. The lowest BCUT2D eigenvalue weighted by molar-refractivity contribution is -0.127. The third-order valence-electron chi connectivity index (χ3n) is 8.22. The molecule has 0 bridgehead atoms. The van der Waals surface area contributed by atoms with E-state index in [1.54, 1.807) is 53.0 Å². The summed E-state index contributed by atoms with van der Waals surface area (Å²) in [5.41, 5.74) is 2.64. The minimum Gasteiger partial charge on any atom is -0.496 e. The van der Waals surface area contributed by atoms with Gasteiger partial charge < -0.3 is 18.8 Å². The van der Waals surface area contributed by atoms with Gasteiger partial charge in [0.05, 0.1) is 35.6 Å². The highest BCUT2D eigenvalue weighted by atomic mass is 32.1. The first-order valence-electron chi connectivity index (χ1n) is 15.0. The molecule has 10 heteroatoms. The number of furan rings is 1. The van der Waals surface area contributed by atoms with Crippen LogP contribution in [-0.4, -0.2) is 48.7 Å².